The van der Waals surface area contributed by atoms with Gasteiger partial charge in [0.1, 0.15) is 11.4 Å². The van der Waals surface area contributed by atoms with Gasteiger partial charge in [0.15, 0.2) is 5.82 Å². The predicted octanol–water partition coefficient (Wildman–Crippen LogP) is 2.80. The molecule has 0 radical (unpaired) electrons. The van der Waals surface area contributed by atoms with Crippen molar-refractivity contribution in [3.8, 4) is 11.5 Å². The van der Waals surface area contributed by atoms with E-state index in [-0.39, 0.29) is 5.69 Å². The molecule has 0 saturated carbocycles. The summed E-state index contributed by atoms with van der Waals surface area (Å²) in [6.45, 7) is 2.09. The lowest BCUT2D eigenvalue weighted by Crippen LogP contribution is -2.07. The number of nitrogens with zero attached hydrogens (tertiary/aromatic N) is 2. The Bertz CT molecular complexity index is 731. The molecule has 0 fully saturated rings. The second-order valence-electron chi connectivity index (χ2n) is 4.23. The summed E-state index contributed by atoms with van der Waals surface area (Å²) in [4.78, 5) is 23.6. The van der Waals surface area contributed by atoms with Gasteiger partial charge in [-0.1, -0.05) is 18.2 Å². The molecule has 0 aliphatic heterocycles. The molecule has 5 heteroatoms. The Balaban J connectivity index is 2.01. The number of carbonyl (C=O) groups is 1. The number of rotatable bonds is 3. The van der Waals surface area contributed by atoms with Gasteiger partial charge in [-0.3, -0.25) is 0 Å². The first-order chi connectivity index (χ1) is 9.78. The SMILES string of the molecule is CCOC(=O)c1cccc(-c2nc3ccccc3[nH]2)n1. The van der Waals surface area contributed by atoms with Crippen LogP contribution in [-0.4, -0.2) is 27.5 Å². The van der Waals surface area contributed by atoms with Crippen molar-refractivity contribution in [2.24, 2.45) is 0 Å². The molecule has 0 amide bonds. The number of benzene rings is 1. The quantitative estimate of drug-likeness (QED) is 0.741. The predicted molar refractivity (Wildman–Crippen MR) is 75.3 cm³/mol. The number of imidazole rings is 1. The minimum atomic E-state index is -0.425. The lowest BCUT2D eigenvalue weighted by molar-refractivity contribution is 0.0519. The maximum absolute atomic E-state index is 11.7. The largest absolute Gasteiger partial charge is 0.461 e. The first kappa shape index (κ1) is 12.3. The third-order valence-electron chi connectivity index (χ3n) is 2.87. The van der Waals surface area contributed by atoms with Gasteiger partial charge < -0.3 is 9.72 Å². The van der Waals surface area contributed by atoms with Crippen LogP contribution < -0.4 is 0 Å². The van der Waals surface area contributed by atoms with Crippen molar-refractivity contribution < 1.29 is 9.53 Å². The maximum atomic E-state index is 11.7. The van der Waals surface area contributed by atoms with E-state index >= 15 is 0 Å². The molecule has 0 aliphatic carbocycles. The third kappa shape index (κ3) is 2.25. The number of nitrogens with one attached hydrogen (secondary N) is 1. The Kier molecular flexibility index (Phi) is 3.16. The Labute approximate surface area is 115 Å². The topological polar surface area (TPSA) is 67.9 Å². The number of para-hydroxylation sites is 2. The number of aromatic amines is 1. The number of hydrogen-bond donors (Lipinski definition) is 1. The fourth-order valence-electron chi connectivity index (χ4n) is 1.96. The van der Waals surface area contributed by atoms with Gasteiger partial charge in [-0.25, -0.2) is 14.8 Å². The van der Waals surface area contributed by atoms with Gasteiger partial charge in [-0.05, 0) is 31.2 Å². The second kappa shape index (κ2) is 5.13. The van der Waals surface area contributed by atoms with Crippen LogP contribution in [0.3, 0.4) is 0 Å². The van der Waals surface area contributed by atoms with Crippen LogP contribution in [0.1, 0.15) is 17.4 Å². The van der Waals surface area contributed by atoms with Gasteiger partial charge in [0.2, 0.25) is 0 Å². The molecule has 100 valence electrons. The average molecular weight is 267 g/mol. The molecule has 0 atom stereocenters. The molecule has 3 rings (SSSR count). The van der Waals surface area contributed by atoms with E-state index in [1.807, 2.05) is 24.3 Å². The number of fused-ring (bicyclic) bond motifs is 1. The number of pyridine rings is 1. The normalized spacial score (nSPS) is 10.7. The summed E-state index contributed by atoms with van der Waals surface area (Å²) in [6.07, 6.45) is 0. The van der Waals surface area contributed by atoms with Crippen LogP contribution in [0.25, 0.3) is 22.6 Å². The van der Waals surface area contributed by atoms with Crippen LogP contribution in [0, 0.1) is 0 Å². The first-order valence-corrected chi connectivity index (χ1v) is 6.37. The monoisotopic (exact) mass is 267 g/mol. The summed E-state index contributed by atoms with van der Waals surface area (Å²) in [5.41, 5.74) is 2.70. The average Bonchev–Trinajstić information content (AvgIpc) is 2.91. The van der Waals surface area contributed by atoms with E-state index in [0.29, 0.717) is 18.1 Å². The minimum Gasteiger partial charge on any atom is -0.461 e. The molecule has 0 bridgehead atoms. The van der Waals surface area contributed by atoms with Crippen LogP contribution in [-0.2, 0) is 4.74 Å². The van der Waals surface area contributed by atoms with Crippen molar-refractivity contribution in [3.05, 3.63) is 48.2 Å². The number of H-pyrrole nitrogens is 1. The first-order valence-electron chi connectivity index (χ1n) is 6.37. The zero-order chi connectivity index (χ0) is 13.9. The summed E-state index contributed by atoms with van der Waals surface area (Å²) < 4.78 is 4.95. The number of carbonyl (C=O) groups excluding carboxylic acids is 1. The minimum absolute atomic E-state index is 0.282. The third-order valence-corrected chi connectivity index (χ3v) is 2.87. The number of hydrogen-bond acceptors (Lipinski definition) is 4. The molecule has 1 N–H and O–H groups in total. The molecule has 1 aromatic carbocycles. The van der Waals surface area contributed by atoms with E-state index in [1.54, 1.807) is 25.1 Å². The highest BCUT2D eigenvalue weighted by Crippen LogP contribution is 2.18. The maximum Gasteiger partial charge on any atom is 0.356 e. The van der Waals surface area contributed by atoms with Gasteiger partial charge >= 0.3 is 5.97 Å². The van der Waals surface area contributed by atoms with Gasteiger partial charge in [-0.2, -0.15) is 0 Å². The van der Waals surface area contributed by atoms with E-state index in [2.05, 4.69) is 15.0 Å². The second-order valence-corrected chi connectivity index (χ2v) is 4.23. The molecule has 0 unspecified atom stereocenters. The van der Waals surface area contributed by atoms with E-state index in [4.69, 9.17) is 4.74 Å². The highest BCUT2D eigenvalue weighted by atomic mass is 16.5. The van der Waals surface area contributed by atoms with E-state index in [0.717, 1.165) is 11.0 Å². The number of aromatic nitrogens is 3. The van der Waals surface area contributed by atoms with Crippen LogP contribution in [0.4, 0.5) is 0 Å². The van der Waals surface area contributed by atoms with Gasteiger partial charge in [0.25, 0.3) is 0 Å². The fourth-order valence-corrected chi connectivity index (χ4v) is 1.96. The highest BCUT2D eigenvalue weighted by Gasteiger charge is 2.11. The van der Waals surface area contributed by atoms with Gasteiger partial charge in [0, 0.05) is 0 Å². The summed E-state index contributed by atoms with van der Waals surface area (Å²) in [5, 5.41) is 0. The lowest BCUT2D eigenvalue weighted by Gasteiger charge is -2.02. The van der Waals surface area contributed by atoms with Crippen molar-refractivity contribution in [2.75, 3.05) is 6.61 Å². The molecule has 0 spiro atoms. The Morgan fingerprint density at radius 1 is 1.15 bits per heavy atom. The summed E-state index contributed by atoms with van der Waals surface area (Å²) in [6, 6.07) is 12.9. The molecule has 0 aliphatic rings. The van der Waals surface area contributed by atoms with Crippen molar-refractivity contribution >= 4 is 17.0 Å². The van der Waals surface area contributed by atoms with Crippen LogP contribution >= 0.6 is 0 Å². The molecule has 2 aromatic heterocycles. The molecular weight excluding hydrogens is 254 g/mol. The Morgan fingerprint density at radius 3 is 2.80 bits per heavy atom. The van der Waals surface area contributed by atoms with E-state index in [9.17, 15) is 4.79 Å². The molecular formula is C15H13N3O2. The molecule has 3 aromatic rings. The summed E-state index contributed by atoms with van der Waals surface area (Å²) in [5.74, 6) is 0.211. The zero-order valence-electron chi connectivity index (χ0n) is 11.0. The van der Waals surface area contributed by atoms with Crippen LogP contribution in [0.5, 0.6) is 0 Å². The standard InChI is InChI=1S/C15H13N3O2/c1-2-20-15(19)13-9-5-8-12(16-13)14-17-10-6-3-4-7-11(10)18-14/h3-9H,2H2,1H3,(H,17,18). The fraction of sp³-hybridized carbons (Fsp3) is 0.133. The number of esters is 1. The molecule has 0 saturated heterocycles. The van der Waals surface area contributed by atoms with Crippen molar-refractivity contribution in [1.29, 1.82) is 0 Å². The van der Waals surface area contributed by atoms with Gasteiger partial charge in [0.05, 0.1) is 17.6 Å². The molecule has 5 nitrogen and oxygen atoms in total. The van der Waals surface area contributed by atoms with Crippen LogP contribution in [0.15, 0.2) is 42.5 Å². The van der Waals surface area contributed by atoms with E-state index < -0.39 is 5.97 Å². The lowest BCUT2D eigenvalue weighted by atomic mass is 10.3. The molecule has 2 heterocycles. The Morgan fingerprint density at radius 2 is 2.00 bits per heavy atom. The van der Waals surface area contributed by atoms with Crippen molar-refractivity contribution in [3.63, 3.8) is 0 Å². The van der Waals surface area contributed by atoms with Crippen molar-refractivity contribution in [2.45, 2.75) is 6.92 Å². The smallest absolute Gasteiger partial charge is 0.356 e. The zero-order valence-corrected chi connectivity index (χ0v) is 11.0. The Hall–Kier alpha value is -2.69. The summed E-state index contributed by atoms with van der Waals surface area (Å²) >= 11 is 0. The molecule has 20 heavy (non-hydrogen) atoms. The van der Waals surface area contributed by atoms with Crippen LogP contribution in [0.2, 0.25) is 0 Å². The summed E-state index contributed by atoms with van der Waals surface area (Å²) in [7, 11) is 0. The number of ether oxygens (including phenoxy) is 1. The van der Waals surface area contributed by atoms with Gasteiger partial charge in [-0.15, -0.1) is 0 Å². The van der Waals surface area contributed by atoms with Crippen molar-refractivity contribution in [1.82, 2.24) is 15.0 Å². The highest BCUT2D eigenvalue weighted by molar-refractivity contribution is 5.88. The van der Waals surface area contributed by atoms with E-state index in [1.165, 1.54) is 0 Å².